The van der Waals surface area contributed by atoms with E-state index in [4.69, 9.17) is 40.5 Å². The number of halogens is 3. The summed E-state index contributed by atoms with van der Waals surface area (Å²) in [5.74, 6) is 0.367. The molecule has 0 saturated heterocycles. The number of aromatic nitrogens is 2. The van der Waals surface area contributed by atoms with Crippen LogP contribution in [0.3, 0.4) is 0 Å². The highest BCUT2D eigenvalue weighted by atomic mass is 35.5. The lowest BCUT2D eigenvalue weighted by molar-refractivity contribution is 0.581. The maximum absolute atomic E-state index is 12.3. The molecule has 0 saturated carbocycles. The molecule has 1 aromatic carbocycles. The molecule has 0 radical (unpaired) electrons. The number of nitrogens with two attached hydrogens (primary N) is 1. The van der Waals surface area contributed by atoms with Crippen molar-refractivity contribution in [2.75, 3.05) is 5.73 Å². The number of anilines is 1. The molecule has 10 heteroatoms. The summed E-state index contributed by atoms with van der Waals surface area (Å²) in [6.45, 7) is -0.0305. The zero-order valence-corrected chi connectivity index (χ0v) is 13.9. The van der Waals surface area contributed by atoms with E-state index in [-0.39, 0.29) is 26.5 Å². The van der Waals surface area contributed by atoms with Crippen molar-refractivity contribution in [1.82, 2.24) is 14.5 Å². The summed E-state index contributed by atoms with van der Waals surface area (Å²) >= 11 is 17.6. The summed E-state index contributed by atoms with van der Waals surface area (Å²) in [5.41, 5.74) is 6.29. The Morgan fingerprint density at radius 2 is 1.86 bits per heavy atom. The van der Waals surface area contributed by atoms with Crippen molar-refractivity contribution in [3.8, 4) is 0 Å². The molecule has 0 fully saturated rings. The van der Waals surface area contributed by atoms with E-state index < -0.39 is 10.0 Å². The van der Waals surface area contributed by atoms with Crippen LogP contribution in [0, 0.1) is 0 Å². The average molecular weight is 370 g/mol. The van der Waals surface area contributed by atoms with E-state index in [2.05, 4.69) is 9.82 Å². The van der Waals surface area contributed by atoms with Crippen molar-refractivity contribution in [2.24, 2.45) is 7.05 Å². The second-order valence-electron chi connectivity index (χ2n) is 4.20. The average Bonchev–Trinajstić information content (AvgIpc) is 2.66. The van der Waals surface area contributed by atoms with Crippen LogP contribution in [0.4, 0.5) is 5.82 Å². The second-order valence-corrected chi connectivity index (χ2v) is 7.16. The first-order valence-corrected chi connectivity index (χ1v) is 8.24. The largest absolute Gasteiger partial charge is 0.384 e. The minimum absolute atomic E-state index is 0.0305. The molecule has 0 amide bonds. The van der Waals surface area contributed by atoms with Gasteiger partial charge in [-0.3, -0.25) is 4.68 Å². The predicted octanol–water partition coefficient (Wildman–Crippen LogP) is 2.44. The number of benzene rings is 1. The topological polar surface area (TPSA) is 90.0 Å². The van der Waals surface area contributed by atoms with Crippen molar-refractivity contribution < 1.29 is 8.42 Å². The van der Waals surface area contributed by atoms with Crippen molar-refractivity contribution in [3.63, 3.8) is 0 Å². The van der Waals surface area contributed by atoms with E-state index >= 15 is 0 Å². The van der Waals surface area contributed by atoms with Gasteiger partial charge in [-0.2, -0.15) is 5.10 Å². The predicted molar refractivity (Wildman–Crippen MR) is 83.1 cm³/mol. The van der Waals surface area contributed by atoms with Crippen molar-refractivity contribution in [3.05, 3.63) is 39.0 Å². The molecule has 2 rings (SSSR count). The zero-order valence-electron chi connectivity index (χ0n) is 10.8. The number of hydrogen-bond acceptors (Lipinski definition) is 4. The van der Waals surface area contributed by atoms with Gasteiger partial charge in [0.25, 0.3) is 0 Å². The van der Waals surface area contributed by atoms with Crippen LogP contribution in [0.2, 0.25) is 15.1 Å². The minimum Gasteiger partial charge on any atom is -0.384 e. The van der Waals surface area contributed by atoms with E-state index in [1.807, 2.05) is 0 Å². The summed E-state index contributed by atoms with van der Waals surface area (Å²) in [4.78, 5) is -0.224. The Morgan fingerprint density at radius 1 is 1.29 bits per heavy atom. The van der Waals surface area contributed by atoms with E-state index in [0.29, 0.717) is 11.4 Å². The van der Waals surface area contributed by atoms with Crippen LogP contribution < -0.4 is 10.5 Å². The van der Waals surface area contributed by atoms with Crippen LogP contribution in [-0.2, 0) is 23.6 Å². The first-order chi connectivity index (χ1) is 9.72. The molecule has 0 aliphatic carbocycles. The molecule has 0 aliphatic heterocycles. The van der Waals surface area contributed by atoms with Gasteiger partial charge in [-0.1, -0.05) is 34.8 Å². The van der Waals surface area contributed by atoms with Gasteiger partial charge in [-0.05, 0) is 12.1 Å². The normalized spacial score (nSPS) is 11.8. The summed E-state index contributed by atoms with van der Waals surface area (Å²) in [6.07, 6.45) is 1.48. The fraction of sp³-hybridized carbons (Fsp3) is 0.182. The minimum atomic E-state index is -3.91. The van der Waals surface area contributed by atoms with E-state index in [1.54, 1.807) is 7.05 Å². The molecule has 114 valence electrons. The Morgan fingerprint density at radius 3 is 2.33 bits per heavy atom. The number of nitrogen functional groups attached to an aromatic ring is 1. The van der Waals surface area contributed by atoms with Gasteiger partial charge in [0, 0.05) is 24.2 Å². The maximum atomic E-state index is 12.3. The Labute approximate surface area is 136 Å². The van der Waals surface area contributed by atoms with Gasteiger partial charge in [-0.15, -0.1) is 0 Å². The van der Waals surface area contributed by atoms with Gasteiger partial charge in [0.1, 0.15) is 10.7 Å². The number of nitrogens with zero attached hydrogens (tertiary/aromatic N) is 2. The summed E-state index contributed by atoms with van der Waals surface area (Å²) in [7, 11) is -2.26. The molecule has 21 heavy (non-hydrogen) atoms. The first-order valence-electron chi connectivity index (χ1n) is 5.63. The molecule has 1 aromatic heterocycles. The number of nitrogens with one attached hydrogen (secondary N) is 1. The maximum Gasteiger partial charge on any atom is 0.243 e. The van der Waals surface area contributed by atoms with E-state index in [0.717, 1.165) is 0 Å². The summed E-state index contributed by atoms with van der Waals surface area (Å²) in [5, 5.41) is 4.06. The van der Waals surface area contributed by atoms with Gasteiger partial charge >= 0.3 is 0 Å². The number of hydrogen-bond donors (Lipinski definition) is 2. The molecule has 2 aromatic rings. The second kappa shape index (κ2) is 6.02. The van der Waals surface area contributed by atoms with Crippen LogP contribution in [0.15, 0.2) is 23.2 Å². The molecule has 1 heterocycles. The van der Waals surface area contributed by atoms with E-state index in [9.17, 15) is 8.42 Å². The monoisotopic (exact) mass is 368 g/mol. The molecule has 0 unspecified atom stereocenters. The molecular weight excluding hydrogens is 359 g/mol. The fourth-order valence-electron chi connectivity index (χ4n) is 1.66. The van der Waals surface area contributed by atoms with Crippen LogP contribution in [0.25, 0.3) is 0 Å². The highest BCUT2D eigenvalue weighted by Gasteiger charge is 2.22. The summed E-state index contributed by atoms with van der Waals surface area (Å²) in [6, 6.07) is 2.62. The van der Waals surface area contributed by atoms with Gasteiger partial charge < -0.3 is 5.73 Å². The highest BCUT2D eigenvalue weighted by molar-refractivity contribution is 7.89. The number of sulfonamides is 1. The third kappa shape index (κ3) is 3.44. The molecule has 6 nitrogen and oxygen atoms in total. The third-order valence-electron chi connectivity index (χ3n) is 2.75. The standard InChI is InChI=1S/C11H11Cl3N4O2S/c1-18-11(15)6(4-16-18)5-17-21(19,20)10-8(13)2-7(12)3-9(10)14/h2-4,17H,5,15H2,1H3. The lowest BCUT2D eigenvalue weighted by Gasteiger charge is -2.10. The molecule has 0 aliphatic rings. The van der Waals surface area contributed by atoms with Gasteiger partial charge in [0.05, 0.1) is 16.2 Å². The Kier molecular flexibility index (Phi) is 4.69. The molecule has 0 spiro atoms. The van der Waals surface area contributed by atoms with E-state index in [1.165, 1.54) is 23.0 Å². The smallest absolute Gasteiger partial charge is 0.243 e. The van der Waals surface area contributed by atoms with Crippen molar-refractivity contribution in [2.45, 2.75) is 11.4 Å². The van der Waals surface area contributed by atoms with Crippen LogP contribution in [0.5, 0.6) is 0 Å². The molecule has 0 bridgehead atoms. The third-order valence-corrected chi connectivity index (χ3v) is 5.29. The van der Waals surface area contributed by atoms with Crippen LogP contribution >= 0.6 is 34.8 Å². The van der Waals surface area contributed by atoms with Crippen LogP contribution in [-0.4, -0.2) is 18.2 Å². The van der Waals surface area contributed by atoms with Gasteiger partial charge in [0.15, 0.2) is 0 Å². The van der Waals surface area contributed by atoms with Gasteiger partial charge in [0.2, 0.25) is 10.0 Å². The molecule has 0 atom stereocenters. The Balaban J connectivity index is 2.29. The first kappa shape index (κ1) is 16.4. The lowest BCUT2D eigenvalue weighted by Crippen LogP contribution is -2.24. The lowest BCUT2D eigenvalue weighted by atomic mass is 10.3. The quantitative estimate of drug-likeness (QED) is 0.866. The SMILES string of the molecule is Cn1ncc(CNS(=O)(=O)c2c(Cl)cc(Cl)cc2Cl)c1N. The molecular formula is C11H11Cl3N4O2S. The van der Waals surface area contributed by atoms with Crippen molar-refractivity contribution >= 4 is 50.6 Å². The molecule has 3 N–H and O–H groups in total. The fourth-order valence-corrected chi connectivity index (χ4v) is 4.21. The Bertz CT molecular complexity index is 766. The number of rotatable bonds is 4. The van der Waals surface area contributed by atoms with Crippen LogP contribution in [0.1, 0.15) is 5.56 Å². The number of aryl methyl sites for hydroxylation is 1. The zero-order chi connectivity index (χ0) is 15.8. The van der Waals surface area contributed by atoms with Crippen molar-refractivity contribution in [1.29, 1.82) is 0 Å². The van der Waals surface area contributed by atoms with Gasteiger partial charge in [-0.25, -0.2) is 13.1 Å². The Hall–Kier alpha value is -0.990. The highest BCUT2D eigenvalue weighted by Crippen LogP contribution is 2.32. The summed E-state index contributed by atoms with van der Waals surface area (Å²) < 4.78 is 28.4.